The summed E-state index contributed by atoms with van der Waals surface area (Å²) in [7, 11) is 0. The van der Waals surface area contributed by atoms with E-state index in [1.807, 2.05) is 12.1 Å². The van der Waals surface area contributed by atoms with Crippen molar-refractivity contribution < 1.29 is 9.53 Å². The van der Waals surface area contributed by atoms with Crippen molar-refractivity contribution in [2.45, 2.75) is 46.5 Å². The van der Waals surface area contributed by atoms with Gasteiger partial charge in [0.15, 0.2) is 6.73 Å². The number of carbonyl (C=O) groups is 1. The minimum atomic E-state index is -0.138. The molecule has 4 heteroatoms. The number of carbonyl (C=O) groups excluding carboxylic acids is 1. The summed E-state index contributed by atoms with van der Waals surface area (Å²) < 4.78 is 5.54. The normalized spacial score (nSPS) is 10.9. The molecule has 0 heterocycles. The summed E-state index contributed by atoms with van der Waals surface area (Å²) in [5.41, 5.74) is 3.22. The molecular formula is C18H26ClNO2. The molecule has 0 aliphatic carbocycles. The smallest absolute Gasteiger partial charge is 0.244 e. The fourth-order valence-electron chi connectivity index (χ4n) is 2.32. The molecule has 0 atom stereocenters. The number of anilines is 1. The van der Waals surface area contributed by atoms with Crippen molar-refractivity contribution in [1.82, 2.24) is 0 Å². The molecular weight excluding hydrogens is 298 g/mol. The number of hydrogen-bond donors (Lipinski definition) is 0. The second kappa shape index (κ2) is 10.3. The number of benzene rings is 1. The van der Waals surface area contributed by atoms with Crippen LogP contribution in [0.1, 0.15) is 44.7 Å². The fraction of sp³-hybridized carbons (Fsp3) is 0.500. The summed E-state index contributed by atoms with van der Waals surface area (Å²) >= 11 is 5.79. The molecule has 0 radical (unpaired) electrons. The highest BCUT2D eigenvalue weighted by atomic mass is 35.5. The van der Waals surface area contributed by atoms with Crippen LogP contribution in [0.2, 0.25) is 0 Å². The van der Waals surface area contributed by atoms with Crippen molar-refractivity contribution in [3.05, 3.63) is 41.7 Å². The number of amides is 1. The summed E-state index contributed by atoms with van der Waals surface area (Å²) in [6.07, 6.45) is 7.40. The van der Waals surface area contributed by atoms with Crippen molar-refractivity contribution in [3.8, 4) is 0 Å². The molecule has 122 valence electrons. The van der Waals surface area contributed by atoms with Gasteiger partial charge in [-0.1, -0.05) is 45.4 Å². The Bertz CT molecular complexity index is 478. The van der Waals surface area contributed by atoms with Crippen molar-refractivity contribution in [2.75, 3.05) is 17.5 Å². The van der Waals surface area contributed by atoms with Gasteiger partial charge in [-0.15, -0.1) is 11.6 Å². The number of halogens is 1. The molecule has 1 aromatic carbocycles. The van der Waals surface area contributed by atoms with E-state index in [-0.39, 0.29) is 18.5 Å². The zero-order valence-corrected chi connectivity index (χ0v) is 14.5. The van der Waals surface area contributed by atoms with Crippen molar-refractivity contribution in [2.24, 2.45) is 0 Å². The molecule has 0 saturated heterocycles. The molecule has 3 nitrogen and oxygen atoms in total. The molecule has 0 spiro atoms. The highest BCUT2D eigenvalue weighted by molar-refractivity contribution is 6.29. The van der Waals surface area contributed by atoms with Gasteiger partial charge in [-0.05, 0) is 36.5 Å². The van der Waals surface area contributed by atoms with Crippen LogP contribution in [0.5, 0.6) is 0 Å². The maximum absolute atomic E-state index is 12.3. The first kappa shape index (κ1) is 18.6. The van der Waals surface area contributed by atoms with Gasteiger partial charge in [-0.3, -0.25) is 9.69 Å². The average molecular weight is 324 g/mol. The SMILES string of the molecule is CCCC=COCN(C(=O)CCl)c1c(CC)cccc1CC. The van der Waals surface area contributed by atoms with Gasteiger partial charge >= 0.3 is 0 Å². The molecule has 1 amide bonds. The Balaban J connectivity index is 3.04. The van der Waals surface area contributed by atoms with Crippen LogP contribution < -0.4 is 4.90 Å². The summed E-state index contributed by atoms with van der Waals surface area (Å²) in [4.78, 5) is 13.9. The quantitative estimate of drug-likeness (QED) is 0.375. The van der Waals surface area contributed by atoms with E-state index in [9.17, 15) is 4.79 Å². The first-order valence-corrected chi connectivity index (χ1v) is 8.46. The predicted molar refractivity (Wildman–Crippen MR) is 93.4 cm³/mol. The van der Waals surface area contributed by atoms with E-state index < -0.39 is 0 Å². The van der Waals surface area contributed by atoms with Gasteiger partial charge in [-0.25, -0.2) is 0 Å². The van der Waals surface area contributed by atoms with Crippen LogP contribution in [0, 0.1) is 0 Å². The third kappa shape index (κ3) is 5.06. The van der Waals surface area contributed by atoms with Crippen molar-refractivity contribution in [3.63, 3.8) is 0 Å². The van der Waals surface area contributed by atoms with E-state index in [2.05, 4.69) is 32.9 Å². The largest absolute Gasteiger partial charge is 0.481 e. The third-order valence-electron chi connectivity index (χ3n) is 3.50. The lowest BCUT2D eigenvalue weighted by Crippen LogP contribution is -2.35. The summed E-state index contributed by atoms with van der Waals surface area (Å²) in [5.74, 6) is -0.190. The highest BCUT2D eigenvalue weighted by Gasteiger charge is 2.20. The Morgan fingerprint density at radius 1 is 1.23 bits per heavy atom. The third-order valence-corrected chi connectivity index (χ3v) is 3.73. The van der Waals surface area contributed by atoms with Crippen LogP contribution in [-0.4, -0.2) is 18.5 Å². The maximum atomic E-state index is 12.3. The van der Waals surface area contributed by atoms with Gasteiger partial charge in [0.1, 0.15) is 5.88 Å². The van der Waals surface area contributed by atoms with Gasteiger partial charge in [0.25, 0.3) is 0 Å². The lowest BCUT2D eigenvalue weighted by atomic mass is 10.0. The minimum absolute atomic E-state index is 0.0523. The van der Waals surface area contributed by atoms with Crippen LogP contribution in [0.3, 0.4) is 0 Å². The zero-order chi connectivity index (χ0) is 16.4. The minimum Gasteiger partial charge on any atom is -0.481 e. The first-order chi connectivity index (χ1) is 10.7. The van der Waals surface area contributed by atoms with Gasteiger partial charge < -0.3 is 4.74 Å². The summed E-state index contributed by atoms with van der Waals surface area (Å²) in [6, 6.07) is 6.14. The second-order valence-electron chi connectivity index (χ2n) is 5.04. The Hall–Kier alpha value is -1.48. The average Bonchev–Trinajstić information content (AvgIpc) is 2.57. The van der Waals surface area contributed by atoms with Gasteiger partial charge in [0.05, 0.1) is 11.9 Å². The Morgan fingerprint density at radius 3 is 2.36 bits per heavy atom. The highest BCUT2D eigenvalue weighted by Crippen LogP contribution is 2.27. The van der Waals surface area contributed by atoms with Crippen LogP contribution in [0.25, 0.3) is 0 Å². The standard InChI is InChI=1S/C18H26ClNO2/c1-4-7-8-12-22-14-20(17(21)13-19)18-15(5-2)10-9-11-16(18)6-3/h8-12H,4-7,13-14H2,1-3H3. The van der Waals surface area contributed by atoms with E-state index in [0.717, 1.165) is 42.5 Å². The van der Waals surface area contributed by atoms with Crippen LogP contribution in [0.15, 0.2) is 30.5 Å². The van der Waals surface area contributed by atoms with E-state index in [1.54, 1.807) is 11.2 Å². The molecule has 0 fully saturated rings. The number of nitrogens with zero attached hydrogens (tertiary/aromatic N) is 1. The molecule has 0 aliphatic heterocycles. The van der Waals surface area contributed by atoms with Gasteiger partial charge in [0.2, 0.25) is 5.91 Å². The number of ether oxygens (including phenoxy) is 1. The second-order valence-corrected chi connectivity index (χ2v) is 5.31. The summed E-state index contributed by atoms with van der Waals surface area (Å²) in [5, 5.41) is 0. The molecule has 0 aromatic heterocycles. The molecule has 0 aliphatic rings. The van der Waals surface area contributed by atoms with E-state index in [4.69, 9.17) is 16.3 Å². The predicted octanol–water partition coefficient (Wildman–Crippen LogP) is 4.67. The number of allylic oxidation sites excluding steroid dienone is 1. The number of unbranched alkanes of at least 4 members (excludes halogenated alkanes) is 1. The number of alkyl halides is 1. The van der Waals surface area contributed by atoms with E-state index in [1.165, 1.54) is 0 Å². The number of hydrogen-bond acceptors (Lipinski definition) is 2. The Morgan fingerprint density at radius 2 is 1.86 bits per heavy atom. The first-order valence-electron chi connectivity index (χ1n) is 7.93. The van der Waals surface area contributed by atoms with E-state index >= 15 is 0 Å². The number of aryl methyl sites for hydroxylation is 2. The topological polar surface area (TPSA) is 29.5 Å². The van der Waals surface area contributed by atoms with Crippen molar-refractivity contribution in [1.29, 1.82) is 0 Å². The van der Waals surface area contributed by atoms with Crippen LogP contribution in [0.4, 0.5) is 5.69 Å². The molecule has 1 rings (SSSR count). The Kier molecular flexibility index (Phi) is 8.68. The maximum Gasteiger partial charge on any atom is 0.244 e. The molecule has 0 N–H and O–H groups in total. The molecule has 0 bridgehead atoms. The zero-order valence-electron chi connectivity index (χ0n) is 13.8. The number of rotatable bonds is 9. The number of para-hydroxylation sites is 1. The fourth-order valence-corrected chi connectivity index (χ4v) is 2.46. The molecule has 0 saturated carbocycles. The van der Waals surface area contributed by atoms with Gasteiger partial charge in [0, 0.05) is 0 Å². The molecule has 0 unspecified atom stereocenters. The monoisotopic (exact) mass is 323 g/mol. The Labute approximate surface area is 138 Å². The van der Waals surface area contributed by atoms with Gasteiger partial charge in [-0.2, -0.15) is 0 Å². The molecule has 1 aromatic rings. The summed E-state index contributed by atoms with van der Waals surface area (Å²) in [6.45, 7) is 6.47. The molecule has 22 heavy (non-hydrogen) atoms. The van der Waals surface area contributed by atoms with Crippen molar-refractivity contribution >= 4 is 23.2 Å². The van der Waals surface area contributed by atoms with Crippen LogP contribution >= 0.6 is 11.6 Å². The van der Waals surface area contributed by atoms with E-state index in [0.29, 0.717) is 0 Å². The lowest BCUT2D eigenvalue weighted by Gasteiger charge is -2.26. The van der Waals surface area contributed by atoms with Crippen LogP contribution in [-0.2, 0) is 22.4 Å². The lowest BCUT2D eigenvalue weighted by molar-refractivity contribution is -0.117.